The minimum absolute atomic E-state index is 0.886. The summed E-state index contributed by atoms with van der Waals surface area (Å²) in [4.78, 5) is 4.30. The van der Waals surface area contributed by atoms with Gasteiger partial charge >= 0.3 is 0 Å². The van der Waals surface area contributed by atoms with Gasteiger partial charge in [0.25, 0.3) is 0 Å². The highest BCUT2D eigenvalue weighted by Gasteiger charge is 2.13. The minimum atomic E-state index is 0.886. The molecule has 2 N–H and O–H groups in total. The number of hydrogen-bond acceptors (Lipinski definition) is 3. The first kappa shape index (κ1) is 10.4. The van der Waals surface area contributed by atoms with Gasteiger partial charge in [-0.1, -0.05) is 12.1 Å². The quantitative estimate of drug-likeness (QED) is 0.823. The Balaban J connectivity index is 1.95. The third kappa shape index (κ3) is 1.91. The highest BCUT2D eigenvalue weighted by molar-refractivity contribution is 5.61. The molecule has 0 spiro atoms. The van der Waals surface area contributed by atoms with Crippen LogP contribution in [0.15, 0.2) is 30.6 Å². The minimum Gasteiger partial charge on any atom is -0.325 e. The Labute approximate surface area is 101 Å². The predicted octanol–water partition coefficient (Wildman–Crippen LogP) is 1.81. The van der Waals surface area contributed by atoms with Gasteiger partial charge < -0.3 is 15.2 Å². The molecule has 0 saturated carbocycles. The van der Waals surface area contributed by atoms with Crippen LogP contribution >= 0.6 is 0 Å². The first-order valence-corrected chi connectivity index (χ1v) is 5.90. The molecule has 0 aliphatic carbocycles. The normalized spacial score (nSPS) is 14.4. The Morgan fingerprint density at radius 1 is 1.41 bits per heavy atom. The Bertz CT molecular complexity index is 530. The highest BCUT2D eigenvalue weighted by atomic mass is 15.2. The second kappa shape index (κ2) is 4.22. The topological polar surface area (TPSA) is 41.9 Å². The van der Waals surface area contributed by atoms with Gasteiger partial charge in [0.05, 0.1) is 0 Å². The van der Waals surface area contributed by atoms with Crippen molar-refractivity contribution < 1.29 is 0 Å². The predicted molar refractivity (Wildman–Crippen MR) is 68.3 cm³/mol. The van der Waals surface area contributed by atoms with Gasteiger partial charge in [0, 0.05) is 31.7 Å². The summed E-state index contributed by atoms with van der Waals surface area (Å²) >= 11 is 0. The maximum Gasteiger partial charge on any atom is 0.207 e. The molecule has 88 valence electrons. The molecule has 0 fully saturated rings. The van der Waals surface area contributed by atoms with Crippen LogP contribution in [0.1, 0.15) is 11.1 Å². The zero-order valence-corrected chi connectivity index (χ0v) is 9.90. The van der Waals surface area contributed by atoms with Crippen LogP contribution in [0.3, 0.4) is 0 Å². The molecule has 0 saturated heterocycles. The number of nitrogens with one attached hydrogen (secondary N) is 2. The summed E-state index contributed by atoms with van der Waals surface area (Å²) in [6.45, 7) is 2.01. The molecule has 0 bridgehead atoms. The maximum atomic E-state index is 4.30. The summed E-state index contributed by atoms with van der Waals surface area (Å²) in [5.74, 6) is 0.886. The van der Waals surface area contributed by atoms with Crippen LogP contribution in [0.2, 0.25) is 0 Å². The molecule has 0 atom stereocenters. The van der Waals surface area contributed by atoms with Crippen molar-refractivity contribution in [3.05, 3.63) is 41.7 Å². The maximum absolute atomic E-state index is 4.30. The Morgan fingerprint density at radius 3 is 3.18 bits per heavy atom. The lowest BCUT2D eigenvalue weighted by atomic mass is 9.99. The fraction of sp³-hybridized carbons (Fsp3) is 0.308. The van der Waals surface area contributed by atoms with Crippen LogP contribution in [0.25, 0.3) is 0 Å². The van der Waals surface area contributed by atoms with E-state index in [2.05, 4.69) is 33.8 Å². The first-order chi connectivity index (χ1) is 8.34. The number of anilines is 2. The average Bonchev–Trinajstić information content (AvgIpc) is 2.76. The number of aryl methyl sites for hydroxylation is 1. The van der Waals surface area contributed by atoms with Crippen LogP contribution in [-0.4, -0.2) is 16.1 Å². The Morgan fingerprint density at radius 2 is 2.35 bits per heavy atom. The second-order valence-corrected chi connectivity index (χ2v) is 4.36. The molecular formula is C13H16N4. The van der Waals surface area contributed by atoms with E-state index in [1.165, 1.54) is 16.8 Å². The monoisotopic (exact) mass is 228 g/mol. The van der Waals surface area contributed by atoms with Crippen molar-refractivity contribution in [2.75, 3.05) is 11.9 Å². The van der Waals surface area contributed by atoms with E-state index in [4.69, 9.17) is 0 Å². The number of imidazole rings is 1. The summed E-state index contributed by atoms with van der Waals surface area (Å²) in [7, 11) is 1.99. The van der Waals surface area contributed by atoms with Gasteiger partial charge in [-0.3, -0.25) is 0 Å². The number of benzene rings is 1. The van der Waals surface area contributed by atoms with Gasteiger partial charge in [-0.2, -0.15) is 0 Å². The Hall–Kier alpha value is -1.81. The molecule has 17 heavy (non-hydrogen) atoms. The van der Waals surface area contributed by atoms with E-state index in [1.807, 2.05) is 17.8 Å². The van der Waals surface area contributed by atoms with Crippen molar-refractivity contribution in [1.29, 1.82) is 0 Å². The van der Waals surface area contributed by atoms with Gasteiger partial charge in [-0.05, 0) is 30.2 Å². The van der Waals surface area contributed by atoms with Crippen molar-refractivity contribution >= 4 is 11.6 Å². The molecule has 1 aliphatic rings. The van der Waals surface area contributed by atoms with E-state index < -0.39 is 0 Å². The van der Waals surface area contributed by atoms with Gasteiger partial charge in [0.2, 0.25) is 5.95 Å². The number of nitrogens with zero attached hydrogens (tertiary/aromatic N) is 2. The second-order valence-electron chi connectivity index (χ2n) is 4.36. The van der Waals surface area contributed by atoms with Gasteiger partial charge in [0.15, 0.2) is 0 Å². The van der Waals surface area contributed by atoms with Crippen LogP contribution < -0.4 is 10.6 Å². The smallest absolute Gasteiger partial charge is 0.207 e. The molecular weight excluding hydrogens is 212 g/mol. The third-order valence-corrected chi connectivity index (χ3v) is 3.21. The summed E-state index contributed by atoms with van der Waals surface area (Å²) in [6.07, 6.45) is 4.82. The fourth-order valence-corrected chi connectivity index (χ4v) is 2.26. The molecule has 1 aromatic heterocycles. The fourth-order valence-electron chi connectivity index (χ4n) is 2.26. The van der Waals surface area contributed by atoms with E-state index >= 15 is 0 Å². The summed E-state index contributed by atoms with van der Waals surface area (Å²) in [5.41, 5.74) is 3.98. The lowest BCUT2D eigenvalue weighted by Crippen LogP contribution is -2.24. The molecule has 1 aliphatic heterocycles. The van der Waals surface area contributed by atoms with Crippen LogP contribution in [0, 0.1) is 0 Å². The van der Waals surface area contributed by atoms with E-state index in [1.54, 1.807) is 6.20 Å². The summed E-state index contributed by atoms with van der Waals surface area (Å²) in [5, 5.41) is 6.79. The molecule has 0 unspecified atom stereocenters. The number of rotatable bonds is 2. The van der Waals surface area contributed by atoms with Gasteiger partial charge in [-0.15, -0.1) is 0 Å². The van der Waals surface area contributed by atoms with E-state index in [-0.39, 0.29) is 0 Å². The highest BCUT2D eigenvalue weighted by Crippen LogP contribution is 2.25. The largest absolute Gasteiger partial charge is 0.325 e. The lowest BCUT2D eigenvalue weighted by molar-refractivity contribution is 0.645. The van der Waals surface area contributed by atoms with E-state index in [0.29, 0.717) is 0 Å². The van der Waals surface area contributed by atoms with Crippen LogP contribution in [0.4, 0.5) is 11.6 Å². The SMILES string of the molecule is Cn1ccnc1Nc1cccc2c1CCNC2. The molecule has 3 rings (SSSR count). The van der Waals surface area contributed by atoms with Crippen LogP contribution in [-0.2, 0) is 20.0 Å². The van der Waals surface area contributed by atoms with Crippen molar-refractivity contribution in [3.8, 4) is 0 Å². The third-order valence-electron chi connectivity index (χ3n) is 3.21. The molecule has 2 heterocycles. The number of aromatic nitrogens is 2. The molecule has 0 radical (unpaired) electrons. The molecule has 1 aromatic carbocycles. The van der Waals surface area contributed by atoms with Gasteiger partial charge in [-0.25, -0.2) is 4.98 Å². The first-order valence-electron chi connectivity index (χ1n) is 5.90. The van der Waals surface area contributed by atoms with E-state index in [0.717, 1.165) is 25.5 Å². The zero-order chi connectivity index (χ0) is 11.7. The van der Waals surface area contributed by atoms with Crippen molar-refractivity contribution in [2.45, 2.75) is 13.0 Å². The standard InChI is InChI=1S/C13H16N4/c1-17-8-7-15-13(17)16-12-4-2-3-10-9-14-6-5-11(10)12/h2-4,7-8,14H,5-6,9H2,1H3,(H,15,16). The summed E-state index contributed by atoms with van der Waals surface area (Å²) in [6, 6.07) is 6.40. The van der Waals surface area contributed by atoms with Crippen LogP contribution in [0.5, 0.6) is 0 Å². The van der Waals surface area contributed by atoms with E-state index in [9.17, 15) is 0 Å². The molecule has 2 aromatic rings. The average molecular weight is 228 g/mol. The van der Waals surface area contributed by atoms with Crippen molar-refractivity contribution in [3.63, 3.8) is 0 Å². The Kier molecular flexibility index (Phi) is 2.57. The summed E-state index contributed by atoms with van der Waals surface area (Å²) < 4.78 is 1.99. The number of hydrogen-bond donors (Lipinski definition) is 2. The van der Waals surface area contributed by atoms with Gasteiger partial charge in [0.1, 0.15) is 0 Å². The number of fused-ring (bicyclic) bond motifs is 1. The molecule has 4 nitrogen and oxygen atoms in total. The van der Waals surface area contributed by atoms with Crippen molar-refractivity contribution in [1.82, 2.24) is 14.9 Å². The lowest BCUT2D eigenvalue weighted by Gasteiger charge is -2.20. The molecule has 4 heteroatoms. The molecule has 0 amide bonds. The van der Waals surface area contributed by atoms with Crippen molar-refractivity contribution in [2.24, 2.45) is 7.05 Å². The zero-order valence-electron chi connectivity index (χ0n) is 9.90.